The molecule has 0 N–H and O–H groups in total. The first kappa shape index (κ1) is 8.63. The van der Waals surface area contributed by atoms with Gasteiger partial charge in [0.15, 0.2) is 0 Å². The van der Waals surface area contributed by atoms with Gasteiger partial charge >= 0.3 is 0 Å². The van der Waals surface area contributed by atoms with Crippen LogP contribution in [0, 0.1) is 27.7 Å². The largest absolute Gasteiger partial charge is 0.256 e. The molecule has 2 rings (SSSR count). The lowest BCUT2D eigenvalue weighted by atomic mass is 10.2. The van der Waals surface area contributed by atoms with Crippen molar-refractivity contribution in [3.05, 3.63) is 22.0 Å². The Labute approximate surface area is 81.7 Å². The molecule has 13 heavy (non-hydrogen) atoms. The second-order valence-corrected chi connectivity index (χ2v) is 4.52. The number of aryl methyl sites for hydroxylation is 4. The van der Waals surface area contributed by atoms with Gasteiger partial charge < -0.3 is 0 Å². The molecule has 0 atom stereocenters. The normalized spacial score (nSPS) is 11.1. The first-order chi connectivity index (χ1) is 6.09. The van der Waals surface area contributed by atoms with Crippen molar-refractivity contribution in [3.8, 4) is 0 Å². The lowest BCUT2D eigenvalue weighted by Crippen LogP contribution is -1.91. The summed E-state index contributed by atoms with van der Waals surface area (Å²) >= 11 is 1.76. The third-order valence-electron chi connectivity index (χ3n) is 2.30. The van der Waals surface area contributed by atoms with Gasteiger partial charge in [-0.15, -0.1) is 11.3 Å². The van der Waals surface area contributed by atoms with E-state index in [-0.39, 0.29) is 0 Å². The summed E-state index contributed by atoms with van der Waals surface area (Å²) in [6.07, 6.45) is 0. The van der Waals surface area contributed by atoms with Crippen molar-refractivity contribution in [2.45, 2.75) is 27.7 Å². The SMILES string of the molecule is Cc1nc2c(C)nc(C)c(C)c2s1. The van der Waals surface area contributed by atoms with Crippen LogP contribution in [0.25, 0.3) is 10.2 Å². The maximum absolute atomic E-state index is 4.47. The molecule has 2 nitrogen and oxygen atoms in total. The van der Waals surface area contributed by atoms with E-state index in [9.17, 15) is 0 Å². The number of nitrogens with zero attached hydrogens (tertiary/aromatic N) is 2. The van der Waals surface area contributed by atoms with Gasteiger partial charge in [0.25, 0.3) is 0 Å². The molecule has 0 fully saturated rings. The highest BCUT2D eigenvalue weighted by Gasteiger charge is 2.09. The fourth-order valence-electron chi connectivity index (χ4n) is 1.48. The van der Waals surface area contributed by atoms with Gasteiger partial charge in [-0.25, -0.2) is 4.98 Å². The predicted molar refractivity (Wildman–Crippen MR) is 56.4 cm³/mol. The first-order valence-electron chi connectivity index (χ1n) is 4.30. The average molecular weight is 192 g/mol. The molecule has 0 bridgehead atoms. The van der Waals surface area contributed by atoms with Gasteiger partial charge in [0.2, 0.25) is 0 Å². The molecule has 2 aromatic rings. The fraction of sp³-hybridized carbons (Fsp3) is 0.400. The highest BCUT2D eigenvalue weighted by Crippen LogP contribution is 2.27. The van der Waals surface area contributed by atoms with Gasteiger partial charge in [-0.2, -0.15) is 0 Å². The van der Waals surface area contributed by atoms with Crippen molar-refractivity contribution in [3.63, 3.8) is 0 Å². The second kappa shape index (κ2) is 2.77. The minimum atomic E-state index is 1.04. The zero-order chi connectivity index (χ0) is 9.59. The monoisotopic (exact) mass is 192 g/mol. The third kappa shape index (κ3) is 1.23. The number of hydrogen-bond acceptors (Lipinski definition) is 3. The summed E-state index contributed by atoms with van der Waals surface area (Å²) in [4.78, 5) is 8.93. The summed E-state index contributed by atoms with van der Waals surface area (Å²) in [7, 11) is 0. The molecule has 0 unspecified atom stereocenters. The van der Waals surface area contributed by atoms with Crippen LogP contribution in [0.5, 0.6) is 0 Å². The van der Waals surface area contributed by atoms with E-state index in [1.807, 2.05) is 13.8 Å². The molecule has 0 saturated heterocycles. The molecule has 0 spiro atoms. The molecular formula is C10H12N2S. The van der Waals surface area contributed by atoms with Gasteiger partial charge in [-0.3, -0.25) is 4.98 Å². The summed E-state index contributed by atoms with van der Waals surface area (Å²) in [5.74, 6) is 0. The van der Waals surface area contributed by atoms with Crippen LogP contribution in [-0.2, 0) is 0 Å². The standard InChI is InChI=1S/C10H12N2S/c1-5-6(2)11-7(3)9-10(5)13-8(4)12-9/h1-4H3. The van der Waals surface area contributed by atoms with Crippen molar-refractivity contribution in [1.29, 1.82) is 0 Å². The van der Waals surface area contributed by atoms with Gasteiger partial charge in [-0.05, 0) is 33.3 Å². The zero-order valence-electron chi connectivity index (χ0n) is 8.30. The van der Waals surface area contributed by atoms with E-state index in [2.05, 4.69) is 23.8 Å². The molecule has 2 heterocycles. The molecule has 0 saturated carbocycles. The van der Waals surface area contributed by atoms with Crippen LogP contribution < -0.4 is 0 Å². The van der Waals surface area contributed by atoms with Crippen molar-refractivity contribution < 1.29 is 0 Å². The molecular weight excluding hydrogens is 180 g/mol. The Hall–Kier alpha value is -0.960. The van der Waals surface area contributed by atoms with E-state index in [4.69, 9.17) is 0 Å². The van der Waals surface area contributed by atoms with Gasteiger partial charge in [0.05, 0.1) is 15.4 Å². The Morgan fingerprint density at radius 2 is 1.62 bits per heavy atom. The third-order valence-corrected chi connectivity index (χ3v) is 3.39. The van der Waals surface area contributed by atoms with E-state index in [1.165, 1.54) is 10.3 Å². The molecule has 3 heteroatoms. The van der Waals surface area contributed by atoms with E-state index < -0.39 is 0 Å². The fourth-order valence-corrected chi connectivity index (χ4v) is 2.50. The van der Waals surface area contributed by atoms with Crippen LogP contribution >= 0.6 is 11.3 Å². The maximum atomic E-state index is 4.47. The number of hydrogen-bond donors (Lipinski definition) is 0. The maximum Gasteiger partial charge on any atom is 0.103 e. The quantitative estimate of drug-likeness (QED) is 0.641. The lowest BCUT2D eigenvalue weighted by Gasteiger charge is -2.01. The van der Waals surface area contributed by atoms with Crippen molar-refractivity contribution in [2.24, 2.45) is 0 Å². The summed E-state index contributed by atoms with van der Waals surface area (Å²) in [5.41, 5.74) is 4.51. The zero-order valence-corrected chi connectivity index (χ0v) is 9.12. The molecule has 0 aliphatic heterocycles. The van der Waals surface area contributed by atoms with Crippen LogP contribution in [0.1, 0.15) is 22.0 Å². The van der Waals surface area contributed by atoms with Crippen molar-refractivity contribution in [1.82, 2.24) is 9.97 Å². The second-order valence-electron chi connectivity index (χ2n) is 3.32. The van der Waals surface area contributed by atoms with Crippen LogP contribution in [0.2, 0.25) is 0 Å². The minimum absolute atomic E-state index is 1.04. The summed E-state index contributed by atoms with van der Waals surface area (Å²) in [5, 5.41) is 1.12. The van der Waals surface area contributed by atoms with E-state index in [0.717, 1.165) is 21.9 Å². The molecule has 0 amide bonds. The molecule has 0 radical (unpaired) electrons. The van der Waals surface area contributed by atoms with Crippen LogP contribution in [-0.4, -0.2) is 9.97 Å². The number of thiazole rings is 1. The van der Waals surface area contributed by atoms with Crippen molar-refractivity contribution in [2.75, 3.05) is 0 Å². The van der Waals surface area contributed by atoms with Crippen LogP contribution in [0.3, 0.4) is 0 Å². The molecule has 0 aliphatic rings. The number of fused-ring (bicyclic) bond motifs is 1. The highest BCUT2D eigenvalue weighted by molar-refractivity contribution is 7.18. The number of aromatic nitrogens is 2. The van der Waals surface area contributed by atoms with Crippen LogP contribution in [0.15, 0.2) is 0 Å². The van der Waals surface area contributed by atoms with E-state index in [1.54, 1.807) is 11.3 Å². The van der Waals surface area contributed by atoms with E-state index in [0.29, 0.717) is 0 Å². The topological polar surface area (TPSA) is 25.8 Å². The van der Waals surface area contributed by atoms with Crippen LogP contribution in [0.4, 0.5) is 0 Å². The summed E-state index contributed by atoms with van der Waals surface area (Å²) in [6, 6.07) is 0. The Bertz CT molecular complexity index is 471. The summed E-state index contributed by atoms with van der Waals surface area (Å²) in [6.45, 7) is 8.23. The van der Waals surface area contributed by atoms with Gasteiger partial charge in [-0.1, -0.05) is 0 Å². The number of pyridine rings is 1. The average Bonchev–Trinajstić information content (AvgIpc) is 2.44. The molecule has 68 valence electrons. The van der Waals surface area contributed by atoms with E-state index >= 15 is 0 Å². The molecule has 2 aromatic heterocycles. The first-order valence-corrected chi connectivity index (χ1v) is 5.12. The highest BCUT2D eigenvalue weighted by atomic mass is 32.1. The summed E-state index contributed by atoms with van der Waals surface area (Å²) < 4.78 is 1.29. The lowest BCUT2D eigenvalue weighted by molar-refractivity contribution is 1.11. The molecule has 0 aromatic carbocycles. The van der Waals surface area contributed by atoms with Gasteiger partial charge in [0, 0.05) is 5.69 Å². The Balaban J connectivity index is 2.95. The van der Waals surface area contributed by atoms with Gasteiger partial charge in [0.1, 0.15) is 5.52 Å². The number of rotatable bonds is 0. The Morgan fingerprint density at radius 3 is 2.31 bits per heavy atom. The molecule has 0 aliphatic carbocycles. The minimum Gasteiger partial charge on any atom is -0.256 e. The Morgan fingerprint density at radius 1 is 0.923 bits per heavy atom. The Kier molecular flexibility index (Phi) is 1.84. The van der Waals surface area contributed by atoms with Crippen molar-refractivity contribution >= 4 is 21.6 Å². The smallest absolute Gasteiger partial charge is 0.103 e. The predicted octanol–water partition coefficient (Wildman–Crippen LogP) is 2.92.